The van der Waals surface area contributed by atoms with Gasteiger partial charge in [0.25, 0.3) is 0 Å². The zero-order valence-corrected chi connectivity index (χ0v) is 26.9. The van der Waals surface area contributed by atoms with Crippen molar-refractivity contribution in [3.05, 3.63) is 35.9 Å². The predicted molar refractivity (Wildman–Crippen MR) is 170 cm³/mol. The Labute approximate surface area is 257 Å². The van der Waals surface area contributed by atoms with Gasteiger partial charge in [-0.05, 0) is 31.2 Å². The van der Waals surface area contributed by atoms with Gasteiger partial charge in [-0.3, -0.25) is 0 Å². The van der Waals surface area contributed by atoms with Crippen LogP contribution in [0.25, 0.3) is 0 Å². The van der Waals surface area contributed by atoms with Gasteiger partial charge < -0.3 is 30.1 Å². The van der Waals surface area contributed by atoms with Crippen LogP contribution in [-0.4, -0.2) is 64.8 Å². The van der Waals surface area contributed by atoms with Crippen LogP contribution in [0, 0.1) is 0 Å². The highest BCUT2D eigenvalue weighted by molar-refractivity contribution is 9.09. The summed E-state index contributed by atoms with van der Waals surface area (Å²) in [6.45, 7) is 1.14. The van der Waals surface area contributed by atoms with Gasteiger partial charge in [-0.2, -0.15) is 0 Å². The number of unbranched alkanes of at least 4 members (excludes halogenated alkanes) is 13. The SMILES string of the molecule is O=C(N[C@@H](CO)COCCCCCCCCCCCC[C@@H](O)CCCCCCC[C@@H](Br)CO)OCc1ccccc1. The van der Waals surface area contributed by atoms with Gasteiger partial charge in [0.15, 0.2) is 0 Å². The molecule has 0 bridgehead atoms. The van der Waals surface area contributed by atoms with E-state index in [2.05, 4.69) is 21.2 Å². The minimum Gasteiger partial charge on any atom is -0.445 e. The summed E-state index contributed by atoms with van der Waals surface area (Å²) >= 11 is 3.46. The fourth-order valence-corrected chi connectivity index (χ4v) is 5.13. The van der Waals surface area contributed by atoms with Crippen molar-refractivity contribution in [3.8, 4) is 0 Å². The lowest BCUT2D eigenvalue weighted by molar-refractivity contribution is 0.0769. The predicted octanol–water partition coefficient (Wildman–Crippen LogP) is 7.43. The van der Waals surface area contributed by atoms with Gasteiger partial charge in [0.2, 0.25) is 0 Å². The number of hydrogen-bond acceptors (Lipinski definition) is 6. The van der Waals surface area contributed by atoms with E-state index >= 15 is 0 Å². The van der Waals surface area contributed by atoms with E-state index in [1.165, 1.54) is 64.2 Å². The molecular formula is C33H58BrNO6. The van der Waals surface area contributed by atoms with Crippen LogP contribution in [0.3, 0.4) is 0 Å². The van der Waals surface area contributed by atoms with Crippen molar-refractivity contribution < 1.29 is 29.6 Å². The Morgan fingerprint density at radius 2 is 1.24 bits per heavy atom. The number of alkyl halides is 1. The van der Waals surface area contributed by atoms with Crippen molar-refractivity contribution in [2.75, 3.05) is 26.4 Å². The maximum Gasteiger partial charge on any atom is 0.407 e. The molecule has 0 aliphatic rings. The molecule has 4 N–H and O–H groups in total. The van der Waals surface area contributed by atoms with Crippen molar-refractivity contribution >= 4 is 22.0 Å². The van der Waals surface area contributed by atoms with Crippen molar-refractivity contribution in [2.24, 2.45) is 0 Å². The van der Waals surface area contributed by atoms with Gasteiger partial charge in [-0.1, -0.05) is 136 Å². The highest BCUT2D eigenvalue weighted by Gasteiger charge is 2.12. The second-order valence-corrected chi connectivity index (χ2v) is 12.6. The van der Waals surface area contributed by atoms with E-state index in [-0.39, 0.29) is 37.4 Å². The molecule has 1 aromatic rings. The Morgan fingerprint density at radius 1 is 0.732 bits per heavy atom. The average molecular weight is 645 g/mol. The molecule has 0 unspecified atom stereocenters. The summed E-state index contributed by atoms with van der Waals surface area (Å²) in [5, 5.41) is 31.3. The lowest BCUT2D eigenvalue weighted by atomic mass is 10.0. The molecule has 0 heterocycles. The van der Waals surface area contributed by atoms with Crippen molar-refractivity contribution in [2.45, 2.75) is 139 Å². The summed E-state index contributed by atoms with van der Waals surface area (Å²) < 4.78 is 10.8. The Hall–Kier alpha value is -1.19. The summed E-state index contributed by atoms with van der Waals surface area (Å²) in [6, 6.07) is 9.02. The first-order chi connectivity index (χ1) is 20.0. The summed E-state index contributed by atoms with van der Waals surface area (Å²) in [4.78, 5) is 12.2. The maximum absolute atomic E-state index is 11.9. The van der Waals surface area contributed by atoms with Crippen molar-refractivity contribution in [3.63, 3.8) is 0 Å². The smallest absolute Gasteiger partial charge is 0.407 e. The van der Waals surface area contributed by atoms with Crippen molar-refractivity contribution in [1.82, 2.24) is 5.32 Å². The molecule has 238 valence electrons. The number of rotatable bonds is 28. The lowest BCUT2D eigenvalue weighted by Crippen LogP contribution is -2.41. The number of halogens is 1. The molecule has 3 atom stereocenters. The molecule has 1 rings (SSSR count). The molecule has 1 aromatic carbocycles. The fraction of sp³-hybridized carbons (Fsp3) is 0.788. The lowest BCUT2D eigenvalue weighted by Gasteiger charge is -2.16. The van der Waals surface area contributed by atoms with Gasteiger partial charge in [0.1, 0.15) is 6.61 Å². The number of nitrogens with one attached hydrogen (secondary N) is 1. The number of carbonyl (C=O) groups is 1. The van der Waals surface area contributed by atoms with Crippen LogP contribution in [0.4, 0.5) is 4.79 Å². The number of benzene rings is 1. The number of ether oxygens (including phenoxy) is 2. The van der Waals surface area contributed by atoms with Gasteiger partial charge in [-0.25, -0.2) is 4.79 Å². The second kappa shape index (κ2) is 27.6. The third-order valence-electron chi connectivity index (χ3n) is 7.40. The summed E-state index contributed by atoms with van der Waals surface area (Å²) in [7, 11) is 0. The quantitative estimate of drug-likeness (QED) is 0.0559. The second-order valence-electron chi connectivity index (χ2n) is 11.3. The molecule has 8 heteroatoms. The number of amides is 1. The van der Waals surface area contributed by atoms with E-state index < -0.39 is 12.1 Å². The summed E-state index contributed by atoms with van der Waals surface area (Å²) in [6.07, 6.45) is 20.2. The number of alkyl carbamates (subject to hydrolysis) is 1. The minimum atomic E-state index is -0.550. The first-order valence-electron chi connectivity index (χ1n) is 16.1. The number of hydrogen-bond donors (Lipinski definition) is 4. The molecule has 1 amide bonds. The van der Waals surface area contributed by atoms with E-state index in [9.17, 15) is 15.0 Å². The Balaban J connectivity index is 1.82. The topological polar surface area (TPSA) is 108 Å². The molecule has 0 fully saturated rings. The molecule has 0 radical (unpaired) electrons. The molecule has 0 saturated carbocycles. The average Bonchev–Trinajstić information content (AvgIpc) is 2.99. The van der Waals surface area contributed by atoms with Gasteiger partial charge in [-0.15, -0.1) is 0 Å². The first kappa shape index (κ1) is 37.8. The Kier molecular flexibility index (Phi) is 25.5. The van der Waals surface area contributed by atoms with Crippen LogP contribution in [0.2, 0.25) is 0 Å². The number of aliphatic hydroxyl groups is 3. The third kappa shape index (κ3) is 24.0. The van der Waals surface area contributed by atoms with Crippen LogP contribution in [-0.2, 0) is 16.1 Å². The zero-order chi connectivity index (χ0) is 29.8. The third-order valence-corrected chi connectivity index (χ3v) is 8.15. The largest absolute Gasteiger partial charge is 0.445 e. The van der Waals surface area contributed by atoms with E-state index in [0.29, 0.717) is 6.61 Å². The highest BCUT2D eigenvalue weighted by Crippen LogP contribution is 2.16. The fourth-order valence-electron chi connectivity index (χ4n) is 4.81. The Bertz CT molecular complexity index is 710. The normalized spacial score (nSPS) is 13.6. The van der Waals surface area contributed by atoms with E-state index in [1.807, 2.05) is 30.3 Å². The first-order valence-corrected chi connectivity index (χ1v) is 17.1. The summed E-state index contributed by atoms with van der Waals surface area (Å²) in [5.74, 6) is 0. The van der Waals surface area contributed by atoms with Gasteiger partial charge in [0, 0.05) is 11.4 Å². The van der Waals surface area contributed by atoms with Crippen LogP contribution in [0.5, 0.6) is 0 Å². The van der Waals surface area contributed by atoms with E-state index in [0.717, 1.165) is 56.9 Å². The van der Waals surface area contributed by atoms with Crippen LogP contribution in [0.1, 0.15) is 121 Å². The molecule has 41 heavy (non-hydrogen) atoms. The highest BCUT2D eigenvalue weighted by atomic mass is 79.9. The Morgan fingerprint density at radius 3 is 1.78 bits per heavy atom. The van der Waals surface area contributed by atoms with Crippen LogP contribution >= 0.6 is 15.9 Å². The van der Waals surface area contributed by atoms with Gasteiger partial charge >= 0.3 is 6.09 Å². The molecule has 0 aliphatic carbocycles. The van der Waals surface area contributed by atoms with E-state index in [1.54, 1.807) is 0 Å². The number of aliphatic hydroxyl groups excluding tert-OH is 3. The number of carbonyl (C=O) groups excluding carboxylic acids is 1. The standard InChI is InChI=1S/C33H58BrNO6/c34-30(25-36)21-15-8-7-10-17-23-32(38)22-16-9-5-3-1-2-4-6-11-18-24-40-28-31(26-37)35-33(39)41-27-29-19-13-12-14-20-29/h12-14,19-20,30-32,36-38H,1-11,15-18,21-28H2,(H,35,39)/t30-,31+,32-/m1/s1. The monoisotopic (exact) mass is 643 g/mol. The van der Waals surface area contributed by atoms with Crippen LogP contribution < -0.4 is 5.32 Å². The zero-order valence-electron chi connectivity index (χ0n) is 25.3. The molecule has 0 spiro atoms. The van der Waals surface area contributed by atoms with Gasteiger partial charge in [0.05, 0.1) is 32.0 Å². The molecular weight excluding hydrogens is 586 g/mol. The molecule has 0 aliphatic heterocycles. The molecule has 0 aromatic heterocycles. The van der Waals surface area contributed by atoms with E-state index in [4.69, 9.17) is 14.6 Å². The molecule has 0 saturated heterocycles. The van der Waals surface area contributed by atoms with Crippen molar-refractivity contribution in [1.29, 1.82) is 0 Å². The van der Waals surface area contributed by atoms with Crippen LogP contribution in [0.15, 0.2) is 30.3 Å². The summed E-state index contributed by atoms with van der Waals surface area (Å²) in [5.41, 5.74) is 0.916. The minimum absolute atomic E-state index is 0.132. The maximum atomic E-state index is 11.9. The molecule has 7 nitrogen and oxygen atoms in total.